The fourth-order valence-corrected chi connectivity index (χ4v) is 3.37. The molecule has 0 radical (unpaired) electrons. The summed E-state index contributed by atoms with van der Waals surface area (Å²) in [7, 11) is 6.13. The minimum absolute atomic E-state index is 0.189. The molecule has 0 heterocycles. The van der Waals surface area contributed by atoms with Gasteiger partial charge in [-0.1, -0.05) is 59.3 Å². The normalized spacial score (nSPS) is 11.9. The zero-order valence-corrected chi connectivity index (χ0v) is 23.2. The number of esters is 1. The second-order valence-electron chi connectivity index (χ2n) is 10.4. The van der Waals surface area contributed by atoms with Crippen molar-refractivity contribution in [2.75, 3.05) is 54.1 Å². The Labute approximate surface area is 213 Å². The molecule has 0 aromatic rings. The van der Waals surface area contributed by atoms with Crippen molar-refractivity contribution in [3.8, 4) is 0 Å². The number of rotatable bonds is 20. The van der Waals surface area contributed by atoms with Crippen molar-refractivity contribution in [1.29, 1.82) is 0 Å². The van der Waals surface area contributed by atoms with Gasteiger partial charge in [-0.2, -0.15) is 0 Å². The van der Waals surface area contributed by atoms with Crippen molar-refractivity contribution in [1.82, 2.24) is 10.6 Å². The number of amides is 2. The first-order valence-corrected chi connectivity index (χ1v) is 13.2. The Morgan fingerprint density at radius 1 is 0.943 bits per heavy atom. The molecule has 0 spiro atoms. The molecule has 9 nitrogen and oxygen atoms in total. The van der Waals surface area contributed by atoms with Crippen LogP contribution < -0.4 is 15.7 Å². The molecule has 0 aromatic carbocycles. The summed E-state index contributed by atoms with van der Waals surface area (Å²) in [5, 5.41) is 14.1. The van der Waals surface area contributed by atoms with Crippen molar-refractivity contribution in [3.63, 3.8) is 0 Å². The van der Waals surface area contributed by atoms with E-state index < -0.39 is 6.47 Å². The first-order chi connectivity index (χ1) is 16.6. The lowest BCUT2D eigenvalue weighted by atomic mass is 10.2. The minimum Gasteiger partial charge on any atom is -0.554 e. The van der Waals surface area contributed by atoms with Gasteiger partial charge in [0.25, 0.3) is 0 Å². The molecule has 2 N–H and O–H groups in total. The number of hydrogen-bond acceptors (Lipinski definition) is 6. The van der Waals surface area contributed by atoms with Gasteiger partial charge in [0, 0.05) is 26.2 Å². The Morgan fingerprint density at radius 2 is 1.49 bits per heavy atom. The standard InChI is InChI=1S/C25H51N3O4.CH2O2/c1-7-8-9-11-14-17-31-18-15-12-10-13-16-26-25(30)27-23(20-28(4,5)6)19-24(29)32-21-22(2)3;2-1-3/h22-23H,7-21H2,1-6H3,(H-,26,27,30);1H,(H,2,3)/t23-;/m1./s1. The summed E-state index contributed by atoms with van der Waals surface area (Å²) in [6.45, 7) is 9.16. The molecule has 35 heavy (non-hydrogen) atoms. The summed E-state index contributed by atoms with van der Waals surface area (Å²) in [6, 6.07) is -0.472. The van der Waals surface area contributed by atoms with Crippen LogP contribution in [0.15, 0.2) is 0 Å². The summed E-state index contributed by atoms with van der Waals surface area (Å²) >= 11 is 0. The van der Waals surface area contributed by atoms with Crippen LogP contribution in [0.4, 0.5) is 4.79 Å². The van der Waals surface area contributed by atoms with Crippen LogP contribution >= 0.6 is 0 Å². The lowest BCUT2D eigenvalue weighted by molar-refractivity contribution is -0.871. The predicted octanol–water partition coefficient (Wildman–Crippen LogP) is 2.86. The van der Waals surface area contributed by atoms with Crippen LogP contribution in [0.3, 0.4) is 0 Å². The van der Waals surface area contributed by atoms with E-state index in [9.17, 15) is 9.59 Å². The number of urea groups is 1. The van der Waals surface area contributed by atoms with Crippen LogP contribution in [-0.2, 0) is 19.1 Å². The van der Waals surface area contributed by atoms with Gasteiger partial charge in [-0.15, -0.1) is 0 Å². The number of hydrogen-bond donors (Lipinski definition) is 2. The number of ether oxygens (including phenoxy) is 2. The highest BCUT2D eigenvalue weighted by atomic mass is 16.5. The molecule has 0 fully saturated rings. The van der Waals surface area contributed by atoms with Crippen LogP contribution in [0.25, 0.3) is 0 Å². The highest BCUT2D eigenvalue weighted by molar-refractivity contribution is 5.76. The van der Waals surface area contributed by atoms with Crippen LogP contribution in [0.1, 0.15) is 85.0 Å². The maximum absolute atomic E-state index is 12.3. The van der Waals surface area contributed by atoms with Crippen molar-refractivity contribution in [2.24, 2.45) is 5.92 Å². The van der Waals surface area contributed by atoms with Gasteiger partial charge in [0.1, 0.15) is 0 Å². The smallest absolute Gasteiger partial charge is 0.315 e. The van der Waals surface area contributed by atoms with Gasteiger partial charge in [0.2, 0.25) is 0 Å². The second-order valence-corrected chi connectivity index (χ2v) is 10.4. The van der Waals surface area contributed by atoms with Crippen LogP contribution in [-0.4, -0.2) is 83.1 Å². The molecule has 9 heteroatoms. The maximum atomic E-state index is 12.3. The first kappa shape index (κ1) is 35.3. The third-order valence-corrected chi connectivity index (χ3v) is 4.99. The number of carboxylic acid groups (broad SMARTS) is 1. The Hall–Kier alpha value is -1.87. The summed E-state index contributed by atoms with van der Waals surface area (Å²) in [5.74, 6) is 0.0368. The summed E-state index contributed by atoms with van der Waals surface area (Å²) < 4.78 is 11.6. The Kier molecular flexibility index (Phi) is 24.1. The topological polar surface area (TPSA) is 117 Å². The van der Waals surface area contributed by atoms with E-state index in [-0.39, 0.29) is 24.5 Å². The second kappa shape index (κ2) is 23.9. The molecule has 0 saturated carbocycles. The number of quaternary nitrogens is 1. The van der Waals surface area contributed by atoms with Gasteiger partial charge in [-0.3, -0.25) is 4.79 Å². The average molecular weight is 504 g/mol. The SMILES string of the molecule is CCCCCCCOCCCCCCNC(=O)N[C@H](CC(=O)OCC(C)C)C[N+](C)(C)C.O=C[O-]. The predicted molar refractivity (Wildman–Crippen MR) is 138 cm³/mol. The molecule has 0 bridgehead atoms. The zero-order chi connectivity index (χ0) is 27.0. The molecular formula is C26H53N3O6. The monoisotopic (exact) mass is 503 g/mol. The van der Waals surface area contributed by atoms with E-state index in [2.05, 4.69) is 17.6 Å². The first-order valence-electron chi connectivity index (χ1n) is 13.2. The number of nitrogens with one attached hydrogen (secondary N) is 2. The molecule has 2 amide bonds. The number of carbonyl (C=O) groups excluding carboxylic acids is 3. The van der Waals surface area contributed by atoms with Crippen molar-refractivity contribution in [3.05, 3.63) is 0 Å². The Bertz CT molecular complexity index is 524. The zero-order valence-electron chi connectivity index (χ0n) is 23.2. The third-order valence-electron chi connectivity index (χ3n) is 4.99. The Morgan fingerprint density at radius 3 is 2.00 bits per heavy atom. The van der Waals surface area contributed by atoms with Gasteiger partial charge in [0.15, 0.2) is 0 Å². The number of nitrogens with zero attached hydrogens (tertiary/aromatic N) is 1. The lowest BCUT2D eigenvalue weighted by Gasteiger charge is -2.29. The van der Waals surface area contributed by atoms with Crippen LogP contribution in [0.5, 0.6) is 0 Å². The molecule has 0 aromatic heterocycles. The molecule has 208 valence electrons. The largest absolute Gasteiger partial charge is 0.554 e. The van der Waals surface area contributed by atoms with E-state index in [0.29, 0.717) is 30.1 Å². The highest BCUT2D eigenvalue weighted by Crippen LogP contribution is 2.05. The molecule has 1 atom stereocenters. The summed E-state index contributed by atoms with van der Waals surface area (Å²) in [6.07, 6.45) is 10.8. The molecule has 0 aliphatic rings. The van der Waals surface area contributed by atoms with E-state index in [4.69, 9.17) is 19.4 Å². The van der Waals surface area contributed by atoms with E-state index in [1.165, 1.54) is 32.1 Å². The Balaban J connectivity index is 0. The van der Waals surface area contributed by atoms with Crippen LogP contribution in [0.2, 0.25) is 0 Å². The molecule has 0 saturated heterocycles. The van der Waals surface area contributed by atoms with Gasteiger partial charge in [0.05, 0.1) is 46.8 Å². The van der Waals surface area contributed by atoms with Gasteiger partial charge >= 0.3 is 12.0 Å². The van der Waals surface area contributed by atoms with Crippen molar-refractivity contribution >= 4 is 18.5 Å². The van der Waals surface area contributed by atoms with Crippen molar-refractivity contribution < 1.29 is 33.4 Å². The van der Waals surface area contributed by atoms with Crippen LogP contribution in [0, 0.1) is 5.92 Å². The molecule has 0 unspecified atom stereocenters. The van der Waals surface area contributed by atoms with Gasteiger partial charge < -0.3 is 34.5 Å². The highest BCUT2D eigenvalue weighted by Gasteiger charge is 2.23. The van der Waals surface area contributed by atoms with Gasteiger partial charge in [-0.25, -0.2) is 4.79 Å². The number of likely N-dealkylation sites (N-methyl/N-ethyl adjacent to an activating group) is 1. The molecule has 0 aliphatic carbocycles. The maximum Gasteiger partial charge on any atom is 0.315 e. The average Bonchev–Trinajstić information content (AvgIpc) is 2.75. The van der Waals surface area contributed by atoms with Crippen molar-refractivity contribution in [2.45, 2.75) is 91.0 Å². The third kappa shape index (κ3) is 30.1. The van der Waals surface area contributed by atoms with E-state index in [1.807, 2.05) is 35.0 Å². The minimum atomic E-state index is -0.500. The van der Waals surface area contributed by atoms with E-state index in [1.54, 1.807) is 0 Å². The summed E-state index contributed by atoms with van der Waals surface area (Å²) in [5.41, 5.74) is 0. The van der Waals surface area contributed by atoms with E-state index >= 15 is 0 Å². The number of unbranched alkanes of at least 4 members (excludes halogenated alkanes) is 7. The summed E-state index contributed by atoms with van der Waals surface area (Å²) in [4.78, 5) is 32.6. The number of carbonyl (C=O) groups is 3. The van der Waals surface area contributed by atoms with Gasteiger partial charge in [-0.05, 0) is 25.2 Å². The molecular weight excluding hydrogens is 450 g/mol. The quantitative estimate of drug-likeness (QED) is 0.114. The lowest BCUT2D eigenvalue weighted by Crippen LogP contribution is -2.52. The molecule has 0 rings (SSSR count). The fourth-order valence-electron chi connectivity index (χ4n) is 3.37. The molecule has 0 aliphatic heterocycles. The fraction of sp³-hybridized carbons (Fsp3) is 0.885. The van der Waals surface area contributed by atoms with E-state index in [0.717, 1.165) is 38.9 Å².